The Morgan fingerprint density at radius 2 is 2.05 bits per heavy atom. The van der Waals surface area contributed by atoms with Gasteiger partial charge < -0.3 is 10.1 Å². The predicted molar refractivity (Wildman–Crippen MR) is 80.0 cm³/mol. The van der Waals surface area contributed by atoms with E-state index < -0.39 is 12.7 Å². The largest absolute Gasteiger partial charge is 0.496 e. The summed E-state index contributed by atoms with van der Waals surface area (Å²) in [7, 11) is 3.65. The Bertz CT molecular complexity index is 517. The highest BCUT2D eigenvalue weighted by atomic mass is 19.4. The van der Waals surface area contributed by atoms with Crippen LogP contribution >= 0.6 is 0 Å². The summed E-state index contributed by atoms with van der Waals surface area (Å²) in [5.41, 5.74) is 3.20. The zero-order valence-electron chi connectivity index (χ0n) is 13.3. The van der Waals surface area contributed by atoms with Gasteiger partial charge in [-0.3, -0.25) is 4.90 Å². The molecule has 1 aliphatic rings. The highest BCUT2D eigenvalue weighted by molar-refractivity contribution is 5.44. The lowest BCUT2D eigenvalue weighted by Gasteiger charge is -2.34. The van der Waals surface area contributed by atoms with E-state index in [4.69, 9.17) is 4.74 Å². The molecule has 0 saturated heterocycles. The molecule has 0 bridgehead atoms. The van der Waals surface area contributed by atoms with Gasteiger partial charge in [0.15, 0.2) is 0 Å². The third-order valence-corrected chi connectivity index (χ3v) is 4.21. The van der Waals surface area contributed by atoms with Gasteiger partial charge in [0.1, 0.15) is 5.75 Å². The summed E-state index contributed by atoms with van der Waals surface area (Å²) >= 11 is 0. The number of likely N-dealkylation sites (N-methyl/N-ethyl adjacent to an activating group) is 1. The lowest BCUT2D eigenvalue weighted by molar-refractivity contribution is -0.125. The SMILES string of the molecule is CCC1Cc2cc(CNCC(F)(F)F)c(OC)cc2CN1C. The number of nitrogens with zero attached hydrogens (tertiary/aromatic N) is 1. The van der Waals surface area contributed by atoms with Crippen molar-refractivity contribution in [3.05, 3.63) is 28.8 Å². The number of alkyl halides is 3. The quantitative estimate of drug-likeness (QED) is 0.903. The monoisotopic (exact) mass is 316 g/mol. The number of hydrogen-bond donors (Lipinski definition) is 1. The minimum absolute atomic E-state index is 0.155. The molecule has 1 unspecified atom stereocenters. The number of hydrogen-bond acceptors (Lipinski definition) is 3. The van der Waals surface area contributed by atoms with E-state index in [1.165, 1.54) is 11.1 Å². The predicted octanol–water partition coefficient (Wildman–Crippen LogP) is 3.11. The summed E-state index contributed by atoms with van der Waals surface area (Å²) < 4.78 is 42.1. The molecule has 0 amide bonds. The van der Waals surface area contributed by atoms with Crippen LogP contribution in [0.1, 0.15) is 30.0 Å². The van der Waals surface area contributed by atoms with E-state index in [1.54, 1.807) is 7.11 Å². The Morgan fingerprint density at radius 1 is 1.32 bits per heavy atom. The number of rotatable bonds is 5. The third kappa shape index (κ3) is 4.14. The summed E-state index contributed by atoms with van der Waals surface area (Å²) in [6.45, 7) is 2.16. The summed E-state index contributed by atoms with van der Waals surface area (Å²) in [6.07, 6.45) is -2.21. The molecule has 1 N–H and O–H groups in total. The lowest BCUT2D eigenvalue weighted by atomic mass is 9.91. The number of benzene rings is 1. The first-order valence-electron chi connectivity index (χ1n) is 7.50. The van der Waals surface area contributed by atoms with Gasteiger partial charge in [-0.15, -0.1) is 0 Å². The molecule has 0 fully saturated rings. The highest BCUT2D eigenvalue weighted by Gasteiger charge is 2.27. The average molecular weight is 316 g/mol. The Hall–Kier alpha value is -1.27. The second kappa shape index (κ2) is 6.87. The van der Waals surface area contributed by atoms with E-state index in [2.05, 4.69) is 24.2 Å². The Kier molecular flexibility index (Phi) is 5.34. The number of fused-ring (bicyclic) bond motifs is 1. The van der Waals surface area contributed by atoms with Crippen LogP contribution in [0.4, 0.5) is 13.2 Å². The fourth-order valence-electron chi connectivity index (χ4n) is 2.99. The number of halogens is 3. The molecule has 2 rings (SSSR count). The second-order valence-corrected chi connectivity index (χ2v) is 5.83. The molecule has 22 heavy (non-hydrogen) atoms. The molecule has 1 atom stereocenters. The molecule has 0 aliphatic carbocycles. The minimum atomic E-state index is -4.20. The average Bonchev–Trinajstić information content (AvgIpc) is 2.44. The van der Waals surface area contributed by atoms with Gasteiger partial charge >= 0.3 is 6.18 Å². The van der Waals surface area contributed by atoms with Crippen LogP contribution in [0.25, 0.3) is 0 Å². The molecular weight excluding hydrogens is 293 g/mol. The Morgan fingerprint density at radius 3 is 2.64 bits per heavy atom. The Balaban J connectivity index is 2.17. The van der Waals surface area contributed by atoms with Gasteiger partial charge in [0.25, 0.3) is 0 Å². The van der Waals surface area contributed by atoms with E-state index in [0.29, 0.717) is 11.8 Å². The summed E-state index contributed by atoms with van der Waals surface area (Å²) in [4.78, 5) is 2.31. The van der Waals surface area contributed by atoms with E-state index >= 15 is 0 Å². The molecule has 1 aromatic carbocycles. The Labute approximate surface area is 129 Å². The fraction of sp³-hybridized carbons (Fsp3) is 0.625. The summed E-state index contributed by atoms with van der Waals surface area (Å²) in [5.74, 6) is 0.650. The molecule has 6 heteroatoms. The summed E-state index contributed by atoms with van der Waals surface area (Å²) in [5, 5.41) is 2.44. The maximum Gasteiger partial charge on any atom is 0.401 e. The molecule has 0 spiro atoms. The van der Waals surface area contributed by atoms with Crippen molar-refractivity contribution in [1.29, 1.82) is 0 Å². The van der Waals surface area contributed by atoms with Crippen molar-refractivity contribution in [2.45, 2.75) is 45.1 Å². The molecule has 1 aliphatic heterocycles. The van der Waals surface area contributed by atoms with Gasteiger partial charge in [-0.2, -0.15) is 13.2 Å². The first-order valence-corrected chi connectivity index (χ1v) is 7.50. The maximum atomic E-state index is 12.3. The first kappa shape index (κ1) is 17.1. The van der Waals surface area contributed by atoms with Crippen molar-refractivity contribution >= 4 is 0 Å². The zero-order chi connectivity index (χ0) is 16.3. The zero-order valence-corrected chi connectivity index (χ0v) is 13.3. The van der Waals surface area contributed by atoms with E-state index in [0.717, 1.165) is 24.9 Å². The van der Waals surface area contributed by atoms with E-state index in [9.17, 15) is 13.2 Å². The molecular formula is C16H23F3N2O. The molecule has 1 heterocycles. The minimum Gasteiger partial charge on any atom is -0.496 e. The van der Waals surface area contributed by atoms with Crippen molar-refractivity contribution in [1.82, 2.24) is 10.2 Å². The van der Waals surface area contributed by atoms with E-state index in [-0.39, 0.29) is 6.54 Å². The number of methoxy groups -OCH3 is 1. The van der Waals surface area contributed by atoms with Crippen LogP contribution in [0.15, 0.2) is 12.1 Å². The van der Waals surface area contributed by atoms with Gasteiger partial charge in [-0.1, -0.05) is 13.0 Å². The molecule has 0 aromatic heterocycles. The van der Waals surface area contributed by atoms with Crippen LogP contribution in [0, 0.1) is 0 Å². The van der Waals surface area contributed by atoms with Gasteiger partial charge in [0, 0.05) is 24.7 Å². The maximum absolute atomic E-state index is 12.3. The van der Waals surface area contributed by atoms with Crippen LogP contribution in [0.5, 0.6) is 5.75 Å². The van der Waals surface area contributed by atoms with Crippen molar-refractivity contribution in [3.8, 4) is 5.75 Å². The molecule has 124 valence electrons. The molecule has 0 saturated carbocycles. The number of nitrogens with one attached hydrogen (secondary N) is 1. The van der Waals surface area contributed by atoms with Gasteiger partial charge in [0.2, 0.25) is 0 Å². The lowest BCUT2D eigenvalue weighted by Crippen LogP contribution is -2.37. The van der Waals surface area contributed by atoms with Crippen molar-refractivity contribution in [2.75, 3.05) is 20.7 Å². The van der Waals surface area contributed by atoms with Gasteiger partial charge in [-0.25, -0.2) is 0 Å². The van der Waals surface area contributed by atoms with E-state index in [1.807, 2.05) is 12.1 Å². The molecule has 0 radical (unpaired) electrons. The standard InChI is InChI=1S/C16H23F3N2O/c1-4-14-6-11-5-12(8-20-10-16(17,18)19)15(22-3)7-13(11)9-21(14)2/h5,7,14,20H,4,6,8-10H2,1-3H3. The van der Waals surface area contributed by atoms with Crippen LogP contribution in [-0.2, 0) is 19.5 Å². The van der Waals surface area contributed by atoms with Crippen LogP contribution < -0.4 is 10.1 Å². The van der Waals surface area contributed by atoms with Crippen molar-refractivity contribution in [2.24, 2.45) is 0 Å². The third-order valence-electron chi connectivity index (χ3n) is 4.21. The smallest absolute Gasteiger partial charge is 0.401 e. The van der Waals surface area contributed by atoms with Crippen molar-refractivity contribution < 1.29 is 17.9 Å². The topological polar surface area (TPSA) is 24.5 Å². The second-order valence-electron chi connectivity index (χ2n) is 5.83. The van der Waals surface area contributed by atoms with Crippen LogP contribution in [-0.4, -0.2) is 37.8 Å². The summed E-state index contributed by atoms with van der Waals surface area (Å²) in [6, 6.07) is 4.44. The van der Waals surface area contributed by atoms with Gasteiger partial charge in [-0.05, 0) is 37.1 Å². The normalized spacial score (nSPS) is 19.1. The van der Waals surface area contributed by atoms with Gasteiger partial charge in [0.05, 0.1) is 13.7 Å². The number of ether oxygens (including phenoxy) is 1. The fourth-order valence-corrected chi connectivity index (χ4v) is 2.99. The first-order chi connectivity index (χ1) is 10.3. The van der Waals surface area contributed by atoms with Crippen LogP contribution in [0.3, 0.4) is 0 Å². The van der Waals surface area contributed by atoms with Crippen LogP contribution in [0.2, 0.25) is 0 Å². The highest BCUT2D eigenvalue weighted by Crippen LogP contribution is 2.30. The van der Waals surface area contributed by atoms with Crippen molar-refractivity contribution in [3.63, 3.8) is 0 Å². The molecule has 3 nitrogen and oxygen atoms in total. The molecule has 1 aromatic rings.